The van der Waals surface area contributed by atoms with E-state index in [1.165, 1.54) is 0 Å². The molecule has 0 atom stereocenters. The van der Waals surface area contributed by atoms with Crippen LogP contribution in [0, 0.1) is 0 Å². The number of primary amides is 1. The SMILES string of the molecule is CCOc1ccc(CN2C(=O)c3ccccc3C2=O)cc1C(=O)Nc1ccc(NC(N)=O)cc1. The molecule has 9 heteroatoms. The van der Waals surface area contributed by atoms with Gasteiger partial charge in [0.05, 0.1) is 29.8 Å². The topological polar surface area (TPSA) is 131 Å². The molecule has 4 N–H and O–H groups in total. The van der Waals surface area contributed by atoms with Gasteiger partial charge in [-0.2, -0.15) is 0 Å². The van der Waals surface area contributed by atoms with Crippen molar-refractivity contribution in [3.8, 4) is 5.75 Å². The van der Waals surface area contributed by atoms with Crippen molar-refractivity contribution in [3.63, 3.8) is 0 Å². The third kappa shape index (κ3) is 4.58. The number of ether oxygens (including phenoxy) is 1. The first-order valence-corrected chi connectivity index (χ1v) is 10.6. The van der Waals surface area contributed by atoms with Crippen molar-refractivity contribution >= 4 is 35.1 Å². The van der Waals surface area contributed by atoms with Crippen LogP contribution in [-0.2, 0) is 6.54 Å². The van der Waals surface area contributed by atoms with Crippen molar-refractivity contribution in [1.29, 1.82) is 0 Å². The molecular formula is C25H22N4O5. The summed E-state index contributed by atoms with van der Waals surface area (Å²) in [5, 5.41) is 5.22. The molecule has 0 fully saturated rings. The van der Waals surface area contributed by atoms with Crippen molar-refractivity contribution in [2.24, 2.45) is 5.73 Å². The highest BCUT2D eigenvalue weighted by atomic mass is 16.5. The van der Waals surface area contributed by atoms with E-state index < -0.39 is 11.9 Å². The Labute approximate surface area is 195 Å². The van der Waals surface area contributed by atoms with Gasteiger partial charge < -0.3 is 21.1 Å². The lowest BCUT2D eigenvalue weighted by atomic mass is 10.1. The first-order valence-electron chi connectivity index (χ1n) is 10.6. The fourth-order valence-electron chi connectivity index (χ4n) is 3.68. The predicted molar refractivity (Wildman–Crippen MR) is 126 cm³/mol. The van der Waals surface area contributed by atoms with Crippen LogP contribution in [0.1, 0.15) is 43.6 Å². The molecule has 1 aliphatic heterocycles. The number of nitrogens with zero attached hydrogens (tertiary/aromatic N) is 1. The van der Waals surface area contributed by atoms with Gasteiger partial charge in [0.2, 0.25) is 0 Å². The molecule has 0 unspecified atom stereocenters. The Bertz CT molecular complexity index is 1250. The molecule has 4 rings (SSSR count). The van der Waals surface area contributed by atoms with Crippen LogP contribution in [0.5, 0.6) is 5.75 Å². The number of carbonyl (C=O) groups excluding carboxylic acids is 4. The van der Waals surface area contributed by atoms with E-state index in [1.807, 2.05) is 0 Å². The second kappa shape index (κ2) is 9.45. The number of hydrogen-bond donors (Lipinski definition) is 3. The molecule has 1 heterocycles. The van der Waals surface area contributed by atoms with Gasteiger partial charge in [0, 0.05) is 11.4 Å². The summed E-state index contributed by atoms with van der Waals surface area (Å²) in [5.41, 5.74) is 7.68. The van der Waals surface area contributed by atoms with Crippen LogP contribution in [0.15, 0.2) is 66.7 Å². The smallest absolute Gasteiger partial charge is 0.316 e. The van der Waals surface area contributed by atoms with Gasteiger partial charge in [-0.3, -0.25) is 19.3 Å². The number of anilines is 2. The maximum atomic E-state index is 13.0. The second-order valence-corrected chi connectivity index (χ2v) is 7.53. The summed E-state index contributed by atoms with van der Waals surface area (Å²) in [7, 11) is 0. The number of imide groups is 1. The Balaban J connectivity index is 1.55. The van der Waals surface area contributed by atoms with E-state index in [1.54, 1.807) is 73.7 Å². The van der Waals surface area contributed by atoms with Gasteiger partial charge >= 0.3 is 6.03 Å². The highest BCUT2D eigenvalue weighted by Crippen LogP contribution is 2.27. The molecule has 0 saturated heterocycles. The van der Waals surface area contributed by atoms with Crippen molar-refractivity contribution in [2.75, 3.05) is 17.2 Å². The van der Waals surface area contributed by atoms with E-state index in [9.17, 15) is 19.2 Å². The summed E-state index contributed by atoms with van der Waals surface area (Å²) in [6.07, 6.45) is 0. The van der Waals surface area contributed by atoms with Crippen molar-refractivity contribution in [1.82, 2.24) is 4.90 Å². The van der Waals surface area contributed by atoms with Crippen LogP contribution in [0.25, 0.3) is 0 Å². The average Bonchev–Trinajstić information content (AvgIpc) is 3.06. The minimum atomic E-state index is -0.687. The molecule has 34 heavy (non-hydrogen) atoms. The molecule has 3 aromatic carbocycles. The highest BCUT2D eigenvalue weighted by molar-refractivity contribution is 6.21. The number of benzene rings is 3. The molecule has 0 aliphatic carbocycles. The quantitative estimate of drug-likeness (QED) is 0.466. The number of rotatable bonds is 7. The lowest BCUT2D eigenvalue weighted by Gasteiger charge is -2.16. The van der Waals surface area contributed by atoms with E-state index >= 15 is 0 Å². The fraction of sp³-hybridized carbons (Fsp3) is 0.120. The molecule has 0 radical (unpaired) electrons. The van der Waals surface area contributed by atoms with Crippen LogP contribution >= 0.6 is 0 Å². The van der Waals surface area contributed by atoms with E-state index in [2.05, 4.69) is 10.6 Å². The number of nitrogens with two attached hydrogens (primary N) is 1. The summed E-state index contributed by atoms with van der Waals surface area (Å²) in [4.78, 5) is 50.6. The Morgan fingerprint density at radius 1 is 0.882 bits per heavy atom. The van der Waals surface area contributed by atoms with E-state index in [-0.39, 0.29) is 23.9 Å². The molecule has 3 aromatic rings. The van der Waals surface area contributed by atoms with Gasteiger partial charge in [0.1, 0.15) is 5.75 Å². The average molecular weight is 458 g/mol. The third-order valence-corrected chi connectivity index (χ3v) is 5.22. The standard InChI is InChI=1S/C25H22N4O5/c1-2-34-21-12-7-15(14-29-23(31)18-5-3-4-6-19(18)24(29)32)13-20(21)22(30)27-16-8-10-17(11-9-16)28-25(26)33/h3-13H,2,14H2,1H3,(H,27,30)(H3,26,28,33). The van der Waals surface area contributed by atoms with Crippen LogP contribution < -0.4 is 21.1 Å². The fourth-order valence-corrected chi connectivity index (χ4v) is 3.68. The van der Waals surface area contributed by atoms with Gasteiger partial charge in [0.15, 0.2) is 0 Å². The maximum Gasteiger partial charge on any atom is 0.316 e. The second-order valence-electron chi connectivity index (χ2n) is 7.53. The van der Waals surface area contributed by atoms with Crippen molar-refractivity contribution in [2.45, 2.75) is 13.5 Å². The predicted octanol–water partition coefficient (Wildman–Crippen LogP) is 3.62. The van der Waals surface area contributed by atoms with E-state index in [0.29, 0.717) is 40.4 Å². The lowest BCUT2D eigenvalue weighted by molar-refractivity contribution is 0.0642. The molecule has 9 nitrogen and oxygen atoms in total. The summed E-state index contributed by atoms with van der Waals surface area (Å²) in [6, 6.07) is 17.4. The minimum Gasteiger partial charge on any atom is -0.493 e. The normalized spacial score (nSPS) is 12.3. The molecule has 0 bridgehead atoms. The van der Waals surface area contributed by atoms with Crippen LogP contribution in [0.3, 0.4) is 0 Å². The van der Waals surface area contributed by atoms with Gasteiger partial charge in [-0.1, -0.05) is 18.2 Å². The van der Waals surface area contributed by atoms with Crippen LogP contribution in [-0.4, -0.2) is 35.3 Å². The number of hydrogen-bond acceptors (Lipinski definition) is 5. The Hall–Kier alpha value is -4.66. The van der Waals surface area contributed by atoms with Crippen molar-refractivity contribution in [3.05, 3.63) is 89.0 Å². The zero-order chi connectivity index (χ0) is 24.2. The van der Waals surface area contributed by atoms with Crippen LogP contribution in [0.4, 0.5) is 16.2 Å². The number of nitrogens with one attached hydrogen (secondary N) is 2. The summed E-state index contributed by atoms with van der Waals surface area (Å²) >= 11 is 0. The number of urea groups is 1. The minimum absolute atomic E-state index is 0.0204. The Morgan fingerprint density at radius 3 is 2.03 bits per heavy atom. The number of fused-ring (bicyclic) bond motifs is 1. The molecule has 0 aromatic heterocycles. The molecular weight excluding hydrogens is 436 g/mol. The summed E-state index contributed by atoms with van der Waals surface area (Å²) < 4.78 is 5.61. The summed E-state index contributed by atoms with van der Waals surface area (Å²) in [6.45, 7) is 2.18. The van der Waals surface area contributed by atoms with Gasteiger partial charge in [0.25, 0.3) is 17.7 Å². The molecule has 5 amide bonds. The summed E-state index contributed by atoms with van der Waals surface area (Å²) in [5.74, 6) is -0.795. The first kappa shape index (κ1) is 22.5. The molecule has 1 aliphatic rings. The maximum absolute atomic E-state index is 13.0. The Morgan fingerprint density at radius 2 is 1.47 bits per heavy atom. The van der Waals surface area contributed by atoms with E-state index in [0.717, 1.165) is 4.90 Å². The van der Waals surface area contributed by atoms with E-state index in [4.69, 9.17) is 10.5 Å². The zero-order valence-electron chi connectivity index (χ0n) is 18.3. The van der Waals surface area contributed by atoms with Gasteiger partial charge in [-0.25, -0.2) is 4.79 Å². The first-order chi connectivity index (χ1) is 16.4. The van der Waals surface area contributed by atoms with Crippen LogP contribution in [0.2, 0.25) is 0 Å². The lowest BCUT2D eigenvalue weighted by Crippen LogP contribution is -2.29. The third-order valence-electron chi connectivity index (χ3n) is 5.22. The van der Waals surface area contributed by atoms with Gasteiger partial charge in [-0.05, 0) is 61.0 Å². The number of amides is 5. The number of carbonyl (C=O) groups is 4. The Kier molecular flexibility index (Phi) is 6.26. The van der Waals surface area contributed by atoms with Crippen molar-refractivity contribution < 1.29 is 23.9 Å². The monoisotopic (exact) mass is 458 g/mol. The molecule has 172 valence electrons. The highest BCUT2D eigenvalue weighted by Gasteiger charge is 2.35. The molecule has 0 saturated carbocycles. The van der Waals surface area contributed by atoms with Gasteiger partial charge in [-0.15, -0.1) is 0 Å². The largest absolute Gasteiger partial charge is 0.493 e. The zero-order valence-corrected chi connectivity index (χ0v) is 18.3. The molecule has 0 spiro atoms.